The Hall–Kier alpha value is -2.54. The molecule has 0 saturated carbocycles. The second kappa shape index (κ2) is 11.7. The van der Waals surface area contributed by atoms with Crippen LogP contribution in [0.3, 0.4) is 0 Å². The SMILES string of the molecule is CCOc1ccccc1N(CCCC(=O)NCc1cc(CC)ccc1CC)S(C)(=O)=O. The van der Waals surface area contributed by atoms with Crippen LogP contribution in [0.15, 0.2) is 42.5 Å². The molecule has 0 aromatic heterocycles. The first kappa shape index (κ1) is 24.7. The number of nitrogens with zero attached hydrogens (tertiary/aromatic N) is 1. The third-order valence-electron chi connectivity index (χ3n) is 5.13. The Morgan fingerprint density at radius 1 is 1.03 bits per heavy atom. The highest BCUT2D eigenvalue weighted by Gasteiger charge is 2.21. The van der Waals surface area contributed by atoms with Crippen molar-refractivity contribution in [1.82, 2.24) is 5.32 Å². The lowest BCUT2D eigenvalue weighted by atomic mass is 10.0. The zero-order valence-electron chi connectivity index (χ0n) is 19.0. The summed E-state index contributed by atoms with van der Waals surface area (Å²) < 4.78 is 31.6. The fourth-order valence-electron chi connectivity index (χ4n) is 3.48. The van der Waals surface area contributed by atoms with Gasteiger partial charge < -0.3 is 10.1 Å². The Morgan fingerprint density at radius 3 is 2.42 bits per heavy atom. The second-order valence-corrected chi connectivity index (χ2v) is 9.33. The van der Waals surface area contributed by atoms with Gasteiger partial charge in [-0.25, -0.2) is 8.42 Å². The molecule has 170 valence electrons. The van der Waals surface area contributed by atoms with E-state index in [0.717, 1.165) is 18.4 Å². The minimum atomic E-state index is -3.51. The van der Waals surface area contributed by atoms with E-state index in [-0.39, 0.29) is 18.9 Å². The van der Waals surface area contributed by atoms with Crippen LogP contribution in [0.4, 0.5) is 5.69 Å². The van der Waals surface area contributed by atoms with Crippen molar-refractivity contribution in [2.45, 2.75) is 53.0 Å². The van der Waals surface area contributed by atoms with Crippen molar-refractivity contribution in [2.75, 3.05) is 23.7 Å². The minimum Gasteiger partial charge on any atom is -0.492 e. The number of carbonyl (C=O) groups excluding carboxylic acids is 1. The van der Waals surface area contributed by atoms with Gasteiger partial charge in [0, 0.05) is 19.5 Å². The quantitative estimate of drug-likeness (QED) is 0.533. The highest BCUT2D eigenvalue weighted by Crippen LogP contribution is 2.30. The number of para-hydroxylation sites is 2. The van der Waals surface area contributed by atoms with Crippen LogP contribution in [0.25, 0.3) is 0 Å². The molecule has 7 heteroatoms. The minimum absolute atomic E-state index is 0.0875. The number of amides is 1. The fraction of sp³-hybridized carbons (Fsp3) is 0.458. The second-order valence-electron chi connectivity index (χ2n) is 7.43. The van der Waals surface area contributed by atoms with Crippen LogP contribution in [-0.2, 0) is 34.2 Å². The number of benzene rings is 2. The highest BCUT2D eigenvalue weighted by molar-refractivity contribution is 7.92. The van der Waals surface area contributed by atoms with E-state index in [9.17, 15) is 13.2 Å². The van der Waals surface area contributed by atoms with Gasteiger partial charge in [0.25, 0.3) is 0 Å². The average Bonchev–Trinajstić information content (AvgIpc) is 2.75. The number of ether oxygens (including phenoxy) is 1. The molecule has 6 nitrogen and oxygen atoms in total. The Balaban J connectivity index is 1.98. The molecule has 2 rings (SSSR count). The van der Waals surface area contributed by atoms with Crippen LogP contribution in [-0.4, -0.2) is 33.7 Å². The molecule has 1 N–H and O–H groups in total. The van der Waals surface area contributed by atoms with Gasteiger partial charge in [0.2, 0.25) is 15.9 Å². The molecular weight excluding hydrogens is 412 g/mol. The summed E-state index contributed by atoms with van der Waals surface area (Å²) in [5.74, 6) is 0.429. The van der Waals surface area contributed by atoms with E-state index in [0.29, 0.717) is 31.0 Å². The van der Waals surface area contributed by atoms with Gasteiger partial charge in [-0.2, -0.15) is 0 Å². The van der Waals surface area contributed by atoms with Gasteiger partial charge in [-0.05, 0) is 55.0 Å². The van der Waals surface area contributed by atoms with E-state index in [1.54, 1.807) is 24.3 Å². The summed E-state index contributed by atoms with van der Waals surface area (Å²) in [5.41, 5.74) is 4.11. The van der Waals surface area contributed by atoms with Gasteiger partial charge in [-0.15, -0.1) is 0 Å². The Labute approximate surface area is 186 Å². The molecule has 0 heterocycles. The number of sulfonamides is 1. The number of nitrogens with one attached hydrogen (secondary N) is 1. The lowest BCUT2D eigenvalue weighted by Gasteiger charge is -2.24. The molecule has 0 spiro atoms. The van der Waals surface area contributed by atoms with Crippen LogP contribution in [0.5, 0.6) is 5.75 Å². The first-order valence-corrected chi connectivity index (χ1v) is 12.7. The van der Waals surface area contributed by atoms with Crippen molar-refractivity contribution in [3.8, 4) is 5.75 Å². The molecule has 1 amide bonds. The molecule has 31 heavy (non-hydrogen) atoms. The summed E-state index contributed by atoms with van der Waals surface area (Å²) in [6, 6.07) is 13.5. The fourth-order valence-corrected chi connectivity index (χ4v) is 4.45. The molecule has 2 aromatic carbocycles. The van der Waals surface area contributed by atoms with Crippen molar-refractivity contribution >= 4 is 21.6 Å². The molecule has 0 aliphatic rings. The van der Waals surface area contributed by atoms with Gasteiger partial charge in [0.1, 0.15) is 5.75 Å². The molecule has 0 atom stereocenters. The molecule has 0 radical (unpaired) electrons. The van der Waals surface area contributed by atoms with Gasteiger partial charge in [0.15, 0.2) is 0 Å². The lowest BCUT2D eigenvalue weighted by molar-refractivity contribution is -0.121. The zero-order chi connectivity index (χ0) is 22.9. The summed E-state index contributed by atoms with van der Waals surface area (Å²) >= 11 is 0. The highest BCUT2D eigenvalue weighted by atomic mass is 32.2. The molecule has 0 aliphatic carbocycles. The summed E-state index contributed by atoms with van der Waals surface area (Å²) in [7, 11) is -3.51. The maximum absolute atomic E-state index is 12.4. The molecule has 2 aromatic rings. The van der Waals surface area contributed by atoms with Crippen molar-refractivity contribution in [2.24, 2.45) is 0 Å². The molecule has 0 unspecified atom stereocenters. The third kappa shape index (κ3) is 7.28. The van der Waals surface area contributed by atoms with Crippen molar-refractivity contribution < 1.29 is 17.9 Å². The maximum atomic E-state index is 12.4. The monoisotopic (exact) mass is 446 g/mol. The van der Waals surface area contributed by atoms with E-state index in [2.05, 4.69) is 37.4 Å². The van der Waals surface area contributed by atoms with E-state index < -0.39 is 10.0 Å². The Bertz CT molecular complexity index is 973. The van der Waals surface area contributed by atoms with Crippen LogP contribution >= 0.6 is 0 Å². The summed E-state index contributed by atoms with van der Waals surface area (Å²) in [5, 5.41) is 2.98. The van der Waals surface area contributed by atoms with E-state index >= 15 is 0 Å². The summed E-state index contributed by atoms with van der Waals surface area (Å²) in [6.45, 7) is 7.20. The van der Waals surface area contributed by atoms with E-state index in [1.165, 1.54) is 21.7 Å². The summed E-state index contributed by atoms with van der Waals surface area (Å²) in [6.07, 6.45) is 3.70. The van der Waals surface area contributed by atoms with Gasteiger partial charge in [-0.1, -0.05) is 44.2 Å². The van der Waals surface area contributed by atoms with E-state index in [4.69, 9.17) is 4.74 Å². The topological polar surface area (TPSA) is 75.7 Å². The van der Waals surface area contributed by atoms with Gasteiger partial charge >= 0.3 is 0 Å². The van der Waals surface area contributed by atoms with Crippen molar-refractivity contribution in [3.05, 3.63) is 59.2 Å². The Kier molecular flexibility index (Phi) is 9.37. The smallest absolute Gasteiger partial charge is 0.232 e. The number of aryl methyl sites for hydroxylation is 2. The molecule has 0 bridgehead atoms. The predicted molar refractivity (Wildman–Crippen MR) is 126 cm³/mol. The first-order chi connectivity index (χ1) is 14.8. The summed E-state index contributed by atoms with van der Waals surface area (Å²) in [4.78, 5) is 12.4. The van der Waals surface area contributed by atoms with Gasteiger partial charge in [0.05, 0.1) is 18.6 Å². The standard InChI is InChI=1S/C24H34N2O4S/c1-5-19-14-15-20(6-2)21(17-19)18-25-24(27)13-10-16-26(31(4,28)29)22-11-8-9-12-23(22)30-7-3/h8-9,11-12,14-15,17H,5-7,10,13,16,18H2,1-4H3,(H,25,27). The number of carbonyl (C=O) groups is 1. The van der Waals surface area contributed by atoms with Crippen molar-refractivity contribution in [1.29, 1.82) is 0 Å². The third-order valence-corrected chi connectivity index (χ3v) is 6.31. The average molecular weight is 447 g/mol. The zero-order valence-corrected chi connectivity index (χ0v) is 19.8. The normalized spacial score (nSPS) is 11.2. The van der Waals surface area contributed by atoms with Gasteiger partial charge in [-0.3, -0.25) is 9.10 Å². The maximum Gasteiger partial charge on any atom is 0.232 e. The molecule has 0 aliphatic heterocycles. The lowest BCUT2D eigenvalue weighted by Crippen LogP contribution is -2.32. The van der Waals surface area contributed by atoms with Crippen LogP contribution in [0.1, 0.15) is 50.3 Å². The van der Waals surface area contributed by atoms with E-state index in [1.807, 2.05) is 6.92 Å². The van der Waals surface area contributed by atoms with Crippen molar-refractivity contribution in [3.63, 3.8) is 0 Å². The number of hydrogen-bond donors (Lipinski definition) is 1. The van der Waals surface area contributed by atoms with Crippen LogP contribution in [0, 0.1) is 0 Å². The predicted octanol–water partition coefficient (Wildman–Crippen LogP) is 4.07. The number of rotatable bonds is 12. The molecular formula is C24H34N2O4S. The Morgan fingerprint density at radius 2 is 1.77 bits per heavy atom. The largest absolute Gasteiger partial charge is 0.492 e. The van der Waals surface area contributed by atoms with Crippen LogP contribution < -0.4 is 14.4 Å². The number of anilines is 1. The first-order valence-electron chi connectivity index (χ1n) is 10.9. The molecule has 0 saturated heterocycles. The molecule has 0 fully saturated rings. The number of hydrogen-bond acceptors (Lipinski definition) is 4. The van der Waals surface area contributed by atoms with Crippen LogP contribution in [0.2, 0.25) is 0 Å².